The number of hydrogen-bond donors (Lipinski definition) is 0. The van der Waals surface area contributed by atoms with Gasteiger partial charge in [0.1, 0.15) is 0 Å². The molecule has 1 radical (unpaired) electrons. The number of rotatable bonds is 7. The third-order valence-electron chi connectivity index (χ3n) is 1.69. The Morgan fingerprint density at radius 3 is 2.00 bits per heavy atom. The van der Waals surface area contributed by atoms with Crippen molar-refractivity contribution in [3.8, 4) is 0 Å². The lowest BCUT2D eigenvalue weighted by atomic mass is 10.4. The average molecular weight is 191 g/mol. The first-order valence-electron chi connectivity index (χ1n) is 3.75. The molecule has 0 aliphatic carbocycles. The monoisotopic (exact) mass is 191 g/mol. The molecule has 0 unspecified atom stereocenters. The number of carbonyl (C=O) groups excluding carboxylic acids is 1. The van der Waals surface area contributed by atoms with Crippen LogP contribution in [0.4, 0.5) is 0 Å². The molecular formula is C7H15O4Si. The zero-order valence-electron chi connectivity index (χ0n) is 7.75. The van der Waals surface area contributed by atoms with E-state index in [0.29, 0.717) is 18.9 Å². The van der Waals surface area contributed by atoms with Crippen LogP contribution in [-0.2, 0) is 18.1 Å². The highest BCUT2D eigenvalue weighted by molar-refractivity contribution is 6.60. The fraction of sp³-hybridized carbons (Fsp3) is 0.857. The Morgan fingerprint density at radius 2 is 1.67 bits per heavy atom. The largest absolute Gasteiger partial charge is 0.500 e. The Labute approximate surface area is 74.2 Å². The lowest BCUT2D eigenvalue weighted by Crippen LogP contribution is -2.42. The van der Waals surface area contributed by atoms with E-state index in [4.69, 9.17) is 13.3 Å². The summed E-state index contributed by atoms with van der Waals surface area (Å²) in [5, 5.41) is 0. The first-order chi connectivity index (χ1) is 5.74. The molecule has 0 bridgehead atoms. The molecule has 0 rings (SSSR count). The second-order valence-electron chi connectivity index (χ2n) is 2.29. The molecule has 71 valence electrons. The topological polar surface area (TPSA) is 44.8 Å². The summed E-state index contributed by atoms with van der Waals surface area (Å²) in [6, 6.07) is 0.658. The van der Waals surface area contributed by atoms with Gasteiger partial charge in [-0.1, -0.05) is 0 Å². The van der Waals surface area contributed by atoms with Crippen LogP contribution in [0.2, 0.25) is 6.04 Å². The molecule has 0 atom stereocenters. The van der Waals surface area contributed by atoms with Crippen LogP contribution in [0.5, 0.6) is 0 Å². The summed E-state index contributed by atoms with van der Waals surface area (Å²) >= 11 is 0. The Balaban J connectivity index is 3.84. The first-order valence-corrected chi connectivity index (χ1v) is 5.68. The fourth-order valence-electron chi connectivity index (χ4n) is 0.933. The lowest BCUT2D eigenvalue weighted by Gasteiger charge is -2.23. The van der Waals surface area contributed by atoms with Crippen LogP contribution in [-0.4, -0.2) is 36.4 Å². The van der Waals surface area contributed by atoms with E-state index >= 15 is 0 Å². The standard InChI is InChI=1S/C7H15O4Si/c1-9-12(10-2,11-3)7-5-4-6-8/h4-5,7H2,1-3H3. The molecule has 0 N–H and O–H groups in total. The van der Waals surface area contributed by atoms with Gasteiger partial charge in [-0.15, -0.1) is 0 Å². The van der Waals surface area contributed by atoms with E-state index in [0.717, 1.165) is 0 Å². The normalized spacial score (nSPS) is 11.6. The Morgan fingerprint density at radius 1 is 1.17 bits per heavy atom. The lowest BCUT2D eigenvalue weighted by molar-refractivity contribution is 0.123. The van der Waals surface area contributed by atoms with Gasteiger partial charge in [-0.2, -0.15) is 0 Å². The molecule has 4 nitrogen and oxygen atoms in total. The van der Waals surface area contributed by atoms with Gasteiger partial charge in [0, 0.05) is 33.8 Å². The SMILES string of the molecule is CO[Si](CCC[C]=O)(OC)OC. The summed E-state index contributed by atoms with van der Waals surface area (Å²) in [5.41, 5.74) is 0. The van der Waals surface area contributed by atoms with Gasteiger partial charge in [0.05, 0.1) is 0 Å². The van der Waals surface area contributed by atoms with Crippen molar-refractivity contribution in [3.05, 3.63) is 0 Å². The summed E-state index contributed by atoms with van der Waals surface area (Å²) < 4.78 is 15.4. The average Bonchev–Trinajstić information content (AvgIpc) is 2.14. The van der Waals surface area contributed by atoms with E-state index in [-0.39, 0.29) is 0 Å². The van der Waals surface area contributed by atoms with Crippen LogP contribution < -0.4 is 0 Å². The highest BCUT2D eigenvalue weighted by Crippen LogP contribution is 2.15. The molecule has 0 spiro atoms. The van der Waals surface area contributed by atoms with Crippen LogP contribution in [0.25, 0.3) is 0 Å². The van der Waals surface area contributed by atoms with E-state index in [9.17, 15) is 4.79 Å². The maximum Gasteiger partial charge on any atom is 0.500 e. The summed E-state index contributed by atoms with van der Waals surface area (Å²) in [7, 11) is 2.24. The Hall–Kier alpha value is -0.233. The van der Waals surface area contributed by atoms with Gasteiger partial charge in [-0.05, 0) is 6.42 Å². The van der Waals surface area contributed by atoms with Crippen LogP contribution in [0.3, 0.4) is 0 Å². The van der Waals surface area contributed by atoms with Crippen molar-refractivity contribution in [1.82, 2.24) is 0 Å². The van der Waals surface area contributed by atoms with Gasteiger partial charge >= 0.3 is 8.80 Å². The van der Waals surface area contributed by atoms with E-state index < -0.39 is 8.80 Å². The minimum absolute atomic E-state index is 0.408. The smallest absolute Gasteiger partial charge is 0.377 e. The molecule has 0 heterocycles. The van der Waals surface area contributed by atoms with Crippen LogP contribution in [0.1, 0.15) is 12.8 Å². The molecule has 0 saturated carbocycles. The predicted octanol–water partition coefficient (Wildman–Crippen LogP) is 0.754. The van der Waals surface area contributed by atoms with Gasteiger partial charge in [0.25, 0.3) is 0 Å². The summed E-state index contributed by atoms with van der Waals surface area (Å²) in [4.78, 5) is 9.92. The maximum absolute atomic E-state index is 9.92. The van der Waals surface area contributed by atoms with E-state index in [1.807, 2.05) is 6.29 Å². The van der Waals surface area contributed by atoms with Gasteiger partial charge < -0.3 is 13.3 Å². The minimum Gasteiger partial charge on any atom is -0.377 e. The summed E-state index contributed by atoms with van der Waals surface area (Å²) in [6.07, 6.45) is 2.93. The maximum atomic E-state index is 9.92. The quantitative estimate of drug-likeness (QED) is 0.440. The molecule has 5 heteroatoms. The van der Waals surface area contributed by atoms with Gasteiger partial charge in [-0.3, -0.25) is 4.79 Å². The highest BCUT2D eigenvalue weighted by Gasteiger charge is 2.36. The first kappa shape index (κ1) is 11.8. The van der Waals surface area contributed by atoms with Crippen molar-refractivity contribution < 1.29 is 18.1 Å². The van der Waals surface area contributed by atoms with E-state index in [1.165, 1.54) is 0 Å². The summed E-state index contributed by atoms with van der Waals surface area (Å²) in [6.45, 7) is 0. The molecule has 0 fully saturated rings. The molecule has 0 aromatic rings. The van der Waals surface area contributed by atoms with E-state index in [1.54, 1.807) is 21.3 Å². The van der Waals surface area contributed by atoms with Gasteiger partial charge in [0.15, 0.2) is 6.29 Å². The van der Waals surface area contributed by atoms with Gasteiger partial charge in [-0.25, -0.2) is 0 Å². The molecule has 0 aromatic carbocycles. The van der Waals surface area contributed by atoms with Crippen molar-refractivity contribution in [2.24, 2.45) is 0 Å². The van der Waals surface area contributed by atoms with Crippen LogP contribution in [0, 0.1) is 0 Å². The van der Waals surface area contributed by atoms with Crippen LogP contribution in [0.15, 0.2) is 0 Å². The Kier molecular flexibility index (Phi) is 6.18. The van der Waals surface area contributed by atoms with E-state index in [2.05, 4.69) is 0 Å². The molecule has 0 amide bonds. The van der Waals surface area contributed by atoms with Crippen LogP contribution >= 0.6 is 0 Å². The minimum atomic E-state index is -2.43. The molecular weight excluding hydrogens is 176 g/mol. The number of unbranched alkanes of at least 4 members (excludes halogenated alkanes) is 1. The Bertz CT molecular complexity index is 116. The number of hydrogen-bond acceptors (Lipinski definition) is 4. The second kappa shape index (κ2) is 6.30. The molecule has 0 aromatic heterocycles. The third kappa shape index (κ3) is 3.44. The third-order valence-corrected chi connectivity index (χ3v) is 4.53. The zero-order chi connectivity index (χ0) is 9.45. The second-order valence-corrected chi connectivity index (χ2v) is 5.38. The predicted molar refractivity (Wildman–Crippen MR) is 46.5 cm³/mol. The van der Waals surface area contributed by atoms with Crippen molar-refractivity contribution in [2.45, 2.75) is 18.9 Å². The van der Waals surface area contributed by atoms with Gasteiger partial charge in [0.2, 0.25) is 0 Å². The molecule has 0 aliphatic heterocycles. The van der Waals surface area contributed by atoms with Crippen molar-refractivity contribution in [3.63, 3.8) is 0 Å². The van der Waals surface area contributed by atoms with Crippen molar-refractivity contribution in [1.29, 1.82) is 0 Å². The van der Waals surface area contributed by atoms with Crippen molar-refractivity contribution in [2.75, 3.05) is 21.3 Å². The molecule has 0 saturated heterocycles. The molecule has 0 aliphatic rings. The molecule has 12 heavy (non-hydrogen) atoms. The highest BCUT2D eigenvalue weighted by atomic mass is 28.4. The van der Waals surface area contributed by atoms with Crippen molar-refractivity contribution >= 4 is 15.1 Å². The fourth-order valence-corrected chi connectivity index (χ4v) is 2.66. The summed E-state index contributed by atoms with van der Waals surface area (Å²) in [5.74, 6) is 0. The zero-order valence-corrected chi connectivity index (χ0v) is 8.75.